The van der Waals surface area contributed by atoms with Gasteiger partial charge >= 0.3 is 0 Å². The van der Waals surface area contributed by atoms with Gasteiger partial charge < -0.3 is 5.32 Å². The van der Waals surface area contributed by atoms with Gasteiger partial charge in [-0.3, -0.25) is 0 Å². The highest BCUT2D eigenvalue weighted by Gasteiger charge is 2.12. The zero-order chi connectivity index (χ0) is 9.10. The third-order valence-corrected chi connectivity index (χ3v) is 3.68. The van der Waals surface area contributed by atoms with Crippen molar-refractivity contribution in [3.8, 4) is 0 Å². The summed E-state index contributed by atoms with van der Waals surface area (Å²) in [5, 5.41) is 4.11. The first-order valence-corrected chi connectivity index (χ1v) is 5.87. The number of para-hydroxylation sites is 1. The second kappa shape index (κ2) is 4.05. The topological polar surface area (TPSA) is 12.0 Å². The molecule has 1 atom stereocenters. The molecule has 1 heterocycles. The number of nitrogens with one attached hydrogen (secondary N) is 1. The van der Waals surface area contributed by atoms with Crippen LogP contribution in [0.3, 0.4) is 0 Å². The van der Waals surface area contributed by atoms with Crippen molar-refractivity contribution in [1.29, 1.82) is 0 Å². The van der Waals surface area contributed by atoms with E-state index in [4.69, 9.17) is 0 Å². The molecule has 0 fully saturated rings. The van der Waals surface area contributed by atoms with Crippen LogP contribution in [0.5, 0.6) is 0 Å². The summed E-state index contributed by atoms with van der Waals surface area (Å²) in [5.74, 6) is 1.27. The van der Waals surface area contributed by atoms with Crippen LogP contribution in [0.25, 0.3) is 0 Å². The lowest BCUT2D eigenvalue weighted by molar-refractivity contribution is 0.957. The van der Waals surface area contributed by atoms with Crippen LogP contribution >= 0.6 is 11.8 Å². The molecule has 1 nitrogen and oxygen atoms in total. The molecule has 1 unspecified atom stereocenters. The van der Waals surface area contributed by atoms with Crippen LogP contribution in [0.15, 0.2) is 24.3 Å². The molecule has 0 spiro atoms. The second-order valence-electron chi connectivity index (χ2n) is 3.38. The first-order valence-electron chi connectivity index (χ1n) is 4.82. The number of thioether (sulfide) groups is 1. The summed E-state index contributed by atoms with van der Waals surface area (Å²) in [6, 6.07) is 8.63. The van der Waals surface area contributed by atoms with Gasteiger partial charge in [-0.05, 0) is 30.7 Å². The Morgan fingerprint density at radius 1 is 1.38 bits per heavy atom. The largest absolute Gasteiger partial charge is 0.385 e. The van der Waals surface area contributed by atoms with Crippen LogP contribution in [0, 0.1) is 0 Å². The fourth-order valence-corrected chi connectivity index (χ4v) is 2.71. The van der Waals surface area contributed by atoms with Crippen molar-refractivity contribution in [1.82, 2.24) is 0 Å². The normalized spacial score (nSPS) is 22.4. The monoisotopic (exact) mass is 193 g/mol. The van der Waals surface area contributed by atoms with Gasteiger partial charge in [-0.2, -0.15) is 11.8 Å². The summed E-state index contributed by atoms with van der Waals surface area (Å²) in [6.07, 6.45) is 1.27. The van der Waals surface area contributed by atoms with E-state index in [0.29, 0.717) is 5.25 Å². The second-order valence-corrected chi connectivity index (χ2v) is 4.83. The van der Waals surface area contributed by atoms with E-state index in [0.717, 1.165) is 6.54 Å². The Bertz CT molecular complexity index is 285. The van der Waals surface area contributed by atoms with E-state index < -0.39 is 0 Å². The van der Waals surface area contributed by atoms with Crippen molar-refractivity contribution >= 4 is 17.4 Å². The molecular formula is C11H15NS. The van der Waals surface area contributed by atoms with Crippen molar-refractivity contribution in [2.24, 2.45) is 0 Å². The van der Waals surface area contributed by atoms with Gasteiger partial charge in [0.2, 0.25) is 0 Å². The number of rotatable bonds is 0. The van der Waals surface area contributed by atoms with Crippen molar-refractivity contribution in [2.45, 2.75) is 18.6 Å². The first-order chi connectivity index (χ1) is 6.38. The molecular weight excluding hydrogens is 178 g/mol. The Morgan fingerprint density at radius 2 is 2.23 bits per heavy atom. The number of fused-ring (bicyclic) bond motifs is 1. The van der Waals surface area contributed by atoms with Crippen LogP contribution in [-0.2, 0) is 0 Å². The van der Waals surface area contributed by atoms with Crippen LogP contribution in [-0.4, -0.2) is 12.3 Å². The van der Waals surface area contributed by atoms with Gasteiger partial charge in [0.15, 0.2) is 0 Å². The maximum Gasteiger partial charge on any atom is 0.0383 e. The van der Waals surface area contributed by atoms with Crippen molar-refractivity contribution in [3.05, 3.63) is 29.8 Å². The molecule has 0 radical (unpaired) electrons. The lowest BCUT2D eigenvalue weighted by atomic mass is 10.1. The quantitative estimate of drug-likeness (QED) is 0.678. The van der Waals surface area contributed by atoms with E-state index in [1.54, 1.807) is 0 Å². The Labute approximate surface area is 83.9 Å². The third-order valence-electron chi connectivity index (χ3n) is 2.40. The van der Waals surface area contributed by atoms with Crippen molar-refractivity contribution in [2.75, 3.05) is 17.6 Å². The smallest absolute Gasteiger partial charge is 0.0383 e. The molecule has 1 aromatic rings. The van der Waals surface area contributed by atoms with Crippen molar-refractivity contribution in [3.63, 3.8) is 0 Å². The maximum atomic E-state index is 3.48. The van der Waals surface area contributed by atoms with Crippen LogP contribution in [0.2, 0.25) is 0 Å². The molecule has 1 aliphatic heterocycles. The van der Waals surface area contributed by atoms with Crippen LogP contribution in [0.1, 0.15) is 24.2 Å². The molecule has 0 saturated carbocycles. The Kier molecular flexibility index (Phi) is 2.79. The summed E-state index contributed by atoms with van der Waals surface area (Å²) < 4.78 is 0. The molecule has 1 aliphatic rings. The zero-order valence-electron chi connectivity index (χ0n) is 7.92. The van der Waals surface area contributed by atoms with E-state index in [1.165, 1.54) is 23.4 Å². The van der Waals surface area contributed by atoms with Gasteiger partial charge in [0.25, 0.3) is 0 Å². The van der Waals surface area contributed by atoms with Gasteiger partial charge in [-0.25, -0.2) is 0 Å². The zero-order valence-corrected chi connectivity index (χ0v) is 8.73. The highest BCUT2D eigenvalue weighted by atomic mass is 32.2. The molecule has 2 rings (SSSR count). The Hall–Kier alpha value is -0.630. The van der Waals surface area contributed by atoms with E-state index in [2.05, 4.69) is 48.3 Å². The fraction of sp³-hybridized carbons (Fsp3) is 0.455. The fourth-order valence-electron chi connectivity index (χ4n) is 1.66. The first kappa shape index (κ1) is 8.95. The van der Waals surface area contributed by atoms with Gasteiger partial charge in [0.1, 0.15) is 0 Å². The van der Waals surface area contributed by atoms with E-state index >= 15 is 0 Å². The van der Waals surface area contributed by atoms with Gasteiger partial charge in [0, 0.05) is 17.5 Å². The molecule has 1 aromatic carbocycles. The minimum absolute atomic E-state index is 0.629. The molecule has 0 saturated heterocycles. The molecule has 0 bridgehead atoms. The summed E-state index contributed by atoms with van der Waals surface area (Å²) in [7, 11) is 0. The summed E-state index contributed by atoms with van der Waals surface area (Å²) >= 11 is 2.05. The van der Waals surface area contributed by atoms with Crippen LogP contribution < -0.4 is 5.32 Å². The summed E-state index contributed by atoms with van der Waals surface area (Å²) in [6.45, 7) is 3.40. The minimum Gasteiger partial charge on any atom is -0.385 e. The lowest BCUT2D eigenvalue weighted by Gasteiger charge is -2.20. The maximum absolute atomic E-state index is 3.48. The van der Waals surface area contributed by atoms with E-state index in [9.17, 15) is 0 Å². The minimum atomic E-state index is 0.629. The number of hydrogen-bond donors (Lipinski definition) is 1. The molecule has 0 aliphatic carbocycles. The number of anilines is 1. The molecule has 0 aromatic heterocycles. The SMILES string of the molecule is CC1SCCCNc2ccccc21. The lowest BCUT2D eigenvalue weighted by Crippen LogP contribution is -2.09. The summed E-state index contributed by atoms with van der Waals surface area (Å²) in [4.78, 5) is 0. The summed E-state index contributed by atoms with van der Waals surface area (Å²) in [5.41, 5.74) is 2.77. The number of hydrogen-bond acceptors (Lipinski definition) is 2. The van der Waals surface area contributed by atoms with Gasteiger partial charge in [0.05, 0.1) is 0 Å². The van der Waals surface area contributed by atoms with Crippen LogP contribution in [0.4, 0.5) is 5.69 Å². The molecule has 13 heavy (non-hydrogen) atoms. The van der Waals surface area contributed by atoms with Gasteiger partial charge in [-0.15, -0.1) is 0 Å². The molecule has 2 heteroatoms. The highest BCUT2D eigenvalue weighted by molar-refractivity contribution is 7.99. The average Bonchev–Trinajstić information content (AvgIpc) is 2.14. The Morgan fingerprint density at radius 3 is 3.15 bits per heavy atom. The Balaban J connectivity index is 2.31. The number of benzene rings is 1. The highest BCUT2D eigenvalue weighted by Crippen LogP contribution is 2.34. The van der Waals surface area contributed by atoms with E-state index in [-0.39, 0.29) is 0 Å². The van der Waals surface area contributed by atoms with Gasteiger partial charge in [-0.1, -0.05) is 18.2 Å². The predicted molar refractivity (Wildman–Crippen MR) is 60.4 cm³/mol. The third kappa shape index (κ3) is 1.99. The molecule has 70 valence electrons. The predicted octanol–water partition coefficient (Wildman–Crippen LogP) is 3.30. The molecule has 0 amide bonds. The standard InChI is InChI=1S/C11H15NS/c1-9-10-5-2-3-6-11(10)12-7-4-8-13-9/h2-3,5-6,9,12H,4,7-8H2,1H3. The average molecular weight is 193 g/mol. The van der Waals surface area contributed by atoms with E-state index in [1.807, 2.05) is 0 Å². The molecule has 1 N–H and O–H groups in total. The van der Waals surface area contributed by atoms with Crippen molar-refractivity contribution < 1.29 is 0 Å².